The minimum absolute atomic E-state index is 0.151. The van der Waals surface area contributed by atoms with Gasteiger partial charge in [-0.3, -0.25) is 4.79 Å². The van der Waals surface area contributed by atoms with Crippen molar-refractivity contribution in [3.63, 3.8) is 0 Å². The van der Waals surface area contributed by atoms with Gasteiger partial charge in [-0.05, 0) is 60.2 Å². The molecule has 0 heterocycles. The highest BCUT2D eigenvalue weighted by Crippen LogP contribution is 2.26. The molecule has 0 aromatic heterocycles. The van der Waals surface area contributed by atoms with E-state index in [0.29, 0.717) is 15.6 Å². The summed E-state index contributed by atoms with van der Waals surface area (Å²) in [4.78, 5) is 24.7. The van der Waals surface area contributed by atoms with Gasteiger partial charge in [0.1, 0.15) is 17.4 Å². The van der Waals surface area contributed by atoms with E-state index in [1.54, 1.807) is 18.2 Å². The Hall–Kier alpha value is -3.01. The van der Waals surface area contributed by atoms with Gasteiger partial charge in [-0.15, -0.1) is 0 Å². The summed E-state index contributed by atoms with van der Waals surface area (Å²) >= 11 is 23.7. The number of ether oxygens (including phenoxy) is 1. The summed E-state index contributed by atoms with van der Waals surface area (Å²) in [6.07, 6.45) is 1.39. The smallest absolute Gasteiger partial charge is 0.343 e. The number of rotatable bonds is 5. The van der Waals surface area contributed by atoms with Crippen LogP contribution in [-0.4, -0.2) is 11.9 Å². The molecule has 0 aliphatic rings. The Morgan fingerprint density at radius 2 is 1.56 bits per heavy atom. The monoisotopic (exact) mass is 504 g/mol. The lowest BCUT2D eigenvalue weighted by Gasteiger charge is -2.07. The van der Waals surface area contributed by atoms with Crippen LogP contribution in [0, 0.1) is 11.3 Å². The number of amides is 1. The van der Waals surface area contributed by atoms with Crippen LogP contribution >= 0.6 is 46.4 Å². The Balaban J connectivity index is 1.71. The molecule has 0 saturated heterocycles. The van der Waals surface area contributed by atoms with Gasteiger partial charge in [0.25, 0.3) is 5.91 Å². The number of benzene rings is 3. The Labute approximate surface area is 203 Å². The van der Waals surface area contributed by atoms with Gasteiger partial charge in [0.2, 0.25) is 0 Å². The number of carbonyl (C=O) groups excluding carboxylic acids is 2. The molecule has 160 valence electrons. The predicted octanol–water partition coefficient (Wildman–Crippen LogP) is 7.07. The van der Waals surface area contributed by atoms with E-state index >= 15 is 0 Å². The summed E-state index contributed by atoms with van der Waals surface area (Å²) in [6.45, 7) is 0. The second-order valence-electron chi connectivity index (χ2n) is 6.34. The van der Waals surface area contributed by atoms with Crippen molar-refractivity contribution in [2.24, 2.45) is 0 Å². The van der Waals surface area contributed by atoms with Crippen molar-refractivity contribution in [2.75, 3.05) is 5.32 Å². The number of nitrogens with zero attached hydrogens (tertiary/aromatic N) is 1. The second-order valence-corrected chi connectivity index (χ2v) is 7.99. The quantitative estimate of drug-likeness (QED) is 0.174. The zero-order valence-corrected chi connectivity index (χ0v) is 19.1. The number of nitriles is 1. The largest absolute Gasteiger partial charge is 0.423 e. The maximum absolute atomic E-state index is 12.4. The molecule has 3 aromatic carbocycles. The van der Waals surface area contributed by atoms with Crippen LogP contribution in [0.3, 0.4) is 0 Å². The van der Waals surface area contributed by atoms with Crippen LogP contribution in [0.15, 0.2) is 66.2 Å². The number of hydrogen-bond donors (Lipinski definition) is 1. The molecule has 0 fully saturated rings. The van der Waals surface area contributed by atoms with Crippen molar-refractivity contribution >= 4 is 70.0 Å². The van der Waals surface area contributed by atoms with E-state index in [9.17, 15) is 14.9 Å². The molecule has 0 aliphatic carbocycles. The fourth-order valence-corrected chi connectivity index (χ4v) is 3.15. The molecular formula is C23H12Cl4N2O3. The summed E-state index contributed by atoms with van der Waals surface area (Å²) < 4.78 is 5.30. The van der Waals surface area contributed by atoms with Crippen LogP contribution in [-0.2, 0) is 4.79 Å². The zero-order chi connectivity index (χ0) is 23.3. The number of carbonyl (C=O) groups is 2. The van der Waals surface area contributed by atoms with Crippen LogP contribution in [0.5, 0.6) is 5.75 Å². The summed E-state index contributed by atoms with van der Waals surface area (Å²) in [5.41, 5.74) is 0.922. The molecule has 3 aromatic rings. The lowest BCUT2D eigenvalue weighted by Crippen LogP contribution is -2.13. The minimum Gasteiger partial charge on any atom is -0.423 e. The Morgan fingerprint density at radius 1 is 0.875 bits per heavy atom. The number of nitrogens with one attached hydrogen (secondary N) is 1. The molecule has 9 heteroatoms. The molecule has 0 atom stereocenters. The molecule has 0 saturated carbocycles. The van der Waals surface area contributed by atoms with Crippen LogP contribution in [0.2, 0.25) is 20.1 Å². The van der Waals surface area contributed by atoms with Crippen LogP contribution in [0.4, 0.5) is 5.69 Å². The van der Waals surface area contributed by atoms with Gasteiger partial charge in [0.05, 0.1) is 26.3 Å². The van der Waals surface area contributed by atoms with Gasteiger partial charge < -0.3 is 10.1 Å². The topological polar surface area (TPSA) is 79.2 Å². The van der Waals surface area contributed by atoms with E-state index < -0.39 is 11.9 Å². The maximum Gasteiger partial charge on any atom is 0.343 e. The Bertz CT molecular complexity index is 1270. The average molecular weight is 506 g/mol. The standard InChI is InChI=1S/C23H12Cl4N2O3/c24-16-4-8-19(26)21(11-16)29-22(30)15(12-28)9-13-1-5-17(6-2-13)32-23(31)14-3-7-18(25)20(27)10-14/h1-11H,(H,29,30)/b15-9-. The lowest BCUT2D eigenvalue weighted by molar-refractivity contribution is -0.112. The van der Waals surface area contributed by atoms with Gasteiger partial charge >= 0.3 is 5.97 Å². The maximum atomic E-state index is 12.4. The van der Waals surface area contributed by atoms with E-state index in [4.69, 9.17) is 51.1 Å². The average Bonchev–Trinajstić information content (AvgIpc) is 2.77. The SMILES string of the molecule is N#C/C(=C/c1ccc(OC(=O)c2ccc(Cl)c(Cl)c2)cc1)C(=O)Nc1cc(Cl)ccc1Cl. The first-order valence-corrected chi connectivity index (χ1v) is 10.4. The third kappa shape index (κ3) is 6.03. The zero-order valence-electron chi connectivity index (χ0n) is 16.0. The van der Waals surface area contributed by atoms with Crippen molar-refractivity contribution in [2.45, 2.75) is 0 Å². The van der Waals surface area contributed by atoms with Crippen LogP contribution in [0.25, 0.3) is 6.08 Å². The van der Waals surface area contributed by atoms with Gasteiger partial charge in [-0.25, -0.2) is 4.79 Å². The van der Waals surface area contributed by atoms with Crippen molar-refractivity contribution in [3.8, 4) is 11.8 Å². The molecule has 0 bridgehead atoms. The fourth-order valence-electron chi connectivity index (χ4n) is 2.52. The highest BCUT2D eigenvalue weighted by atomic mass is 35.5. The first-order chi connectivity index (χ1) is 15.3. The number of anilines is 1. The van der Waals surface area contributed by atoms with Crippen LogP contribution in [0.1, 0.15) is 15.9 Å². The molecule has 0 aliphatic heterocycles. The molecule has 5 nitrogen and oxygen atoms in total. The van der Waals surface area contributed by atoms with E-state index in [-0.39, 0.29) is 32.6 Å². The minimum atomic E-state index is -0.646. The highest BCUT2D eigenvalue weighted by Gasteiger charge is 2.13. The predicted molar refractivity (Wildman–Crippen MR) is 127 cm³/mol. The van der Waals surface area contributed by atoms with Gasteiger partial charge in [0.15, 0.2) is 0 Å². The summed E-state index contributed by atoms with van der Waals surface area (Å²) in [7, 11) is 0. The number of halogens is 4. The molecule has 1 amide bonds. The van der Waals surface area contributed by atoms with Crippen molar-refractivity contribution in [3.05, 3.63) is 97.5 Å². The summed E-state index contributed by atoms with van der Waals surface area (Å²) in [6, 6.07) is 17.1. The number of hydrogen-bond acceptors (Lipinski definition) is 4. The first kappa shape index (κ1) is 23.6. The molecule has 32 heavy (non-hydrogen) atoms. The lowest BCUT2D eigenvalue weighted by atomic mass is 10.1. The third-order valence-corrected chi connectivity index (χ3v) is 5.40. The van der Waals surface area contributed by atoms with Gasteiger partial charge in [-0.2, -0.15) is 5.26 Å². The van der Waals surface area contributed by atoms with Crippen molar-refractivity contribution < 1.29 is 14.3 Å². The molecule has 0 unspecified atom stereocenters. The fraction of sp³-hybridized carbons (Fsp3) is 0. The summed E-state index contributed by atoms with van der Waals surface area (Å²) in [5.74, 6) is -0.985. The molecular weight excluding hydrogens is 494 g/mol. The van der Waals surface area contributed by atoms with E-state index in [1.165, 1.54) is 48.5 Å². The third-order valence-electron chi connectivity index (χ3n) is 4.10. The van der Waals surface area contributed by atoms with Crippen molar-refractivity contribution in [1.29, 1.82) is 5.26 Å². The molecule has 3 rings (SSSR count). The number of esters is 1. The first-order valence-electron chi connectivity index (χ1n) is 8.92. The van der Waals surface area contributed by atoms with E-state index in [2.05, 4.69) is 5.32 Å². The van der Waals surface area contributed by atoms with E-state index in [1.807, 2.05) is 6.07 Å². The van der Waals surface area contributed by atoms with E-state index in [0.717, 1.165) is 0 Å². The Kier molecular flexibility index (Phi) is 7.79. The highest BCUT2D eigenvalue weighted by molar-refractivity contribution is 6.42. The van der Waals surface area contributed by atoms with Crippen LogP contribution < -0.4 is 10.1 Å². The van der Waals surface area contributed by atoms with Gasteiger partial charge in [-0.1, -0.05) is 58.5 Å². The van der Waals surface area contributed by atoms with Gasteiger partial charge in [0, 0.05) is 5.02 Å². The normalized spacial score (nSPS) is 10.9. The Morgan fingerprint density at radius 3 is 2.22 bits per heavy atom. The summed E-state index contributed by atoms with van der Waals surface area (Å²) in [5, 5.41) is 13.2. The molecule has 0 spiro atoms. The molecule has 0 radical (unpaired) electrons. The second kappa shape index (κ2) is 10.5. The van der Waals surface area contributed by atoms with Crippen molar-refractivity contribution in [1.82, 2.24) is 0 Å². The molecule has 1 N–H and O–H groups in total.